The summed E-state index contributed by atoms with van der Waals surface area (Å²) < 4.78 is 5.51. The monoisotopic (exact) mass is 291 g/mol. The number of nitrogens with two attached hydrogens (primary N) is 1. The largest absolute Gasteiger partial charge is 0.338 e. The molecule has 0 unspecified atom stereocenters. The zero-order valence-corrected chi connectivity index (χ0v) is 12.1. The molecule has 0 radical (unpaired) electrons. The zero-order valence-electron chi connectivity index (χ0n) is 11.3. The number of hydrogen-bond acceptors (Lipinski definition) is 4. The minimum absolute atomic E-state index is 0.137. The third-order valence-electron chi connectivity index (χ3n) is 4.16. The molecule has 5 heteroatoms. The van der Waals surface area contributed by atoms with E-state index in [2.05, 4.69) is 10.1 Å². The molecule has 0 spiro atoms. The summed E-state index contributed by atoms with van der Waals surface area (Å²) >= 11 is 6.00. The first-order valence-corrected chi connectivity index (χ1v) is 7.41. The van der Waals surface area contributed by atoms with Gasteiger partial charge in [0, 0.05) is 17.1 Å². The van der Waals surface area contributed by atoms with Gasteiger partial charge in [0.2, 0.25) is 11.7 Å². The molecule has 4 nitrogen and oxygen atoms in total. The van der Waals surface area contributed by atoms with Gasteiger partial charge in [0.25, 0.3) is 0 Å². The Morgan fingerprint density at radius 1 is 1.25 bits per heavy atom. The van der Waals surface area contributed by atoms with Gasteiger partial charge in [-0.3, -0.25) is 0 Å². The number of benzene rings is 1. The summed E-state index contributed by atoms with van der Waals surface area (Å²) in [5.74, 6) is 1.26. The third kappa shape index (κ3) is 2.45. The van der Waals surface area contributed by atoms with Gasteiger partial charge in [-0.05, 0) is 25.0 Å². The molecule has 3 rings (SSSR count). The van der Waals surface area contributed by atoms with E-state index in [4.69, 9.17) is 21.9 Å². The zero-order chi connectivity index (χ0) is 14.0. The van der Waals surface area contributed by atoms with Crippen LogP contribution in [0.15, 0.2) is 28.8 Å². The van der Waals surface area contributed by atoms with E-state index in [1.165, 1.54) is 19.3 Å². The molecule has 1 saturated carbocycles. The van der Waals surface area contributed by atoms with Crippen molar-refractivity contribution in [1.82, 2.24) is 10.1 Å². The fraction of sp³-hybridized carbons (Fsp3) is 0.467. The summed E-state index contributed by atoms with van der Waals surface area (Å²) in [6.07, 6.45) is 5.66. The molecule has 0 amide bonds. The van der Waals surface area contributed by atoms with Gasteiger partial charge in [0.1, 0.15) is 0 Å². The Balaban J connectivity index is 1.93. The van der Waals surface area contributed by atoms with Crippen LogP contribution in [-0.2, 0) is 5.41 Å². The van der Waals surface area contributed by atoms with Gasteiger partial charge in [-0.25, -0.2) is 0 Å². The molecule has 1 aliphatic carbocycles. The highest BCUT2D eigenvalue weighted by molar-refractivity contribution is 6.30. The van der Waals surface area contributed by atoms with E-state index in [-0.39, 0.29) is 5.41 Å². The van der Waals surface area contributed by atoms with Gasteiger partial charge in [-0.15, -0.1) is 0 Å². The summed E-state index contributed by atoms with van der Waals surface area (Å²) in [4.78, 5) is 4.57. The van der Waals surface area contributed by atoms with Crippen molar-refractivity contribution < 1.29 is 4.52 Å². The molecule has 2 N–H and O–H groups in total. The normalized spacial score (nSPS) is 18.1. The Hall–Kier alpha value is -1.39. The van der Waals surface area contributed by atoms with E-state index < -0.39 is 0 Å². The van der Waals surface area contributed by atoms with Gasteiger partial charge in [0.15, 0.2) is 0 Å². The van der Waals surface area contributed by atoms with Crippen LogP contribution >= 0.6 is 11.6 Å². The summed E-state index contributed by atoms with van der Waals surface area (Å²) in [5.41, 5.74) is 6.73. The topological polar surface area (TPSA) is 64.9 Å². The number of halogens is 1. The lowest BCUT2D eigenvalue weighted by molar-refractivity contribution is 0.220. The highest BCUT2D eigenvalue weighted by Crippen LogP contribution is 2.38. The van der Waals surface area contributed by atoms with Gasteiger partial charge in [-0.2, -0.15) is 4.98 Å². The summed E-state index contributed by atoms with van der Waals surface area (Å²) in [6.45, 7) is 0.560. The van der Waals surface area contributed by atoms with Crippen molar-refractivity contribution in [3.05, 3.63) is 35.2 Å². The van der Waals surface area contributed by atoms with Gasteiger partial charge in [0.05, 0.1) is 5.41 Å². The van der Waals surface area contributed by atoms with Crippen LogP contribution in [0.5, 0.6) is 0 Å². The van der Waals surface area contributed by atoms with Gasteiger partial charge >= 0.3 is 0 Å². The van der Waals surface area contributed by atoms with Crippen molar-refractivity contribution in [2.24, 2.45) is 5.73 Å². The van der Waals surface area contributed by atoms with Crippen molar-refractivity contribution in [3.63, 3.8) is 0 Å². The molecule has 2 aromatic rings. The fourth-order valence-electron chi connectivity index (χ4n) is 2.92. The van der Waals surface area contributed by atoms with Crippen LogP contribution in [0.25, 0.3) is 11.4 Å². The molecule has 0 aliphatic heterocycles. The van der Waals surface area contributed by atoms with Crippen molar-refractivity contribution >= 4 is 11.6 Å². The number of nitrogens with zero attached hydrogens (tertiary/aromatic N) is 2. The molecule has 1 fully saturated rings. The number of rotatable bonds is 3. The quantitative estimate of drug-likeness (QED) is 0.939. The molecular weight excluding hydrogens is 274 g/mol. The lowest BCUT2D eigenvalue weighted by Gasteiger charge is -2.32. The molecule has 20 heavy (non-hydrogen) atoms. The van der Waals surface area contributed by atoms with Crippen LogP contribution in [0, 0.1) is 0 Å². The maximum absolute atomic E-state index is 6.00. The average molecular weight is 292 g/mol. The Morgan fingerprint density at radius 3 is 2.75 bits per heavy atom. The number of aromatic nitrogens is 2. The Morgan fingerprint density at radius 2 is 2.05 bits per heavy atom. The molecule has 1 aromatic heterocycles. The third-order valence-corrected chi connectivity index (χ3v) is 4.40. The van der Waals surface area contributed by atoms with Crippen LogP contribution < -0.4 is 5.73 Å². The van der Waals surface area contributed by atoms with Gasteiger partial charge in [-0.1, -0.05) is 48.2 Å². The highest BCUT2D eigenvalue weighted by Gasteiger charge is 2.38. The van der Waals surface area contributed by atoms with Crippen LogP contribution in [0.2, 0.25) is 5.02 Å². The lowest BCUT2D eigenvalue weighted by Crippen LogP contribution is -2.37. The molecule has 0 atom stereocenters. The van der Waals surface area contributed by atoms with Crippen molar-refractivity contribution in [2.75, 3.05) is 6.54 Å². The SMILES string of the molecule is NCC1(c2nc(-c3cccc(Cl)c3)no2)CCCCC1. The first-order valence-electron chi connectivity index (χ1n) is 7.04. The van der Waals surface area contributed by atoms with E-state index >= 15 is 0 Å². The van der Waals surface area contributed by atoms with Crippen LogP contribution in [0.1, 0.15) is 38.0 Å². The van der Waals surface area contributed by atoms with E-state index in [1.54, 1.807) is 0 Å². The Bertz CT molecular complexity index is 590. The van der Waals surface area contributed by atoms with E-state index in [0.717, 1.165) is 18.4 Å². The Labute approximate surface area is 123 Å². The maximum atomic E-state index is 6.00. The van der Waals surface area contributed by atoms with Crippen LogP contribution in [0.3, 0.4) is 0 Å². The summed E-state index contributed by atoms with van der Waals surface area (Å²) in [5, 5.41) is 4.76. The second kappa shape index (κ2) is 5.54. The second-order valence-corrected chi connectivity index (χ2v) is 5.92. The molecule has 106 valence electrons. The predicted octanol–water partition coefficient (Wildman–Crippen LogP) is 3.55. The predicted molar refractivity (Wildman–Crippen MR) is 78.6 cm³/mol. The second-order valence-electron chi connectivity index (χ2n) is 5.48. The maximum Gasteiger partial charge on any atom is 0.234 e. The van der Waals surface area contributed by atoms with E-state index in [1.807, 2.05) is 24.3 Å². The minimum atomic E-state index is -0.137. The van der Waals surface area contributed by atoms with Gasteiger partial charge < -0.3 is 10.3 Å². The average Bonchev–Trinajstić information content (AvgIpc) is 2.98. The Kier molecular flexibility index (Phi) is 3.76. The molecule has 0 saturated heterocycles. The van der Waals surface area contributed by atoms with E-state index in [9.17, 15) is 0 Å². The smallest absolute Gasteiger partial charge is 0.234 e. The summed E-state index contributed by atoms with van der Waals surface area (Å²) in [6, 6.07) is 7.48. The van der Waals surface area contributed by atoms with E-state index in [0.29, 0.717) is 23.3 Å². The van der Waals surface area contributed by atoms with Crippen molar-refractivity contribution in [2.45, 2.75) is 37.5 Å². The summed E-state index contributed by atoms with van der Waals surface area (Å²) in [7, 11) is 0. The van der Waals surface area contributed by atoms with Crippen molar-refractivity contribution in [1.29, 1.82) is 0 Å². The van der Waals surface area contributed by atoms with Crippen molar-refractivity contribution in [3.8, 4) is 11.4 Å². The van der Waals surface area contributed by atoms with Crippen LogP contribution in [-0.4, -0.2) is 16.7 Å². The standard InChI is InChI=1S/C15H18ClN3O/c16-12-6-4-5-11(9-12)13-18-14(20-19-13)15(10-17)7-2-1-3-8-15/h4-6,9H,1-3,7-8,10,17H2. The minimum Gasteiger partial charge on any atom is -0.338 e. The lowest BCUT2D eigenvalue weighted by atomic mass is 9.74. The fourth-order valence-corrected chi connectivity index (χ4v) is 3.11. The molecule has 0 bridgehead atoms. The molecule has 1 heterocycles. The number of hydrogen-bond donors (Lipinski definition) is 1. The van der Waals surface area contributed by atoms with Crippen LogP contribution in [0.4, 0.5) is 0 Å². The molecule has 1 aromatic carbocycles. The first kappa shape index (κ1) is 13.6. The highest BCUT2D eigenvalue weighted by atomic mass is 35.5. The molecular formula is C15H18ClN3O. The first-order chi connectivity index (χ1) is 9.73. The molecule has 1 aliphatic rings.